The van der Waals surface area contributed by atoms with Gasteiger partial charge in [0.05, 0.1) is 0 Å². The quantitative estimate of drug-likeness (QED) is 0.581. The van der Waals surface area contributed by atoms with Gasteiger partial charge in [0.15, 0.2) is 0 Å². The molecule has 114 valence electrons. The van der Waals surface area contributed by atoms with Crippen LogP contribution in [0.4, 0.5) is 0 Å². The van der Waals surface area contributed by atoms with E-state index < -0.39 is 0 Å². The maximum absolute atomic E-state index is 2.46. The molecule has 0 heterocycles. The van der Waals surface area contributed by atoms with Gasteiger partial charge in [-0.2, -0.15) is 0 Å². The van der Waals surface area contributed by atoms with Gasteiger partial charge in [-0.3, -0.25) is 0 Å². The van der Waals surface area contributed by atoms with Crippen LogP contribution in [-0.2, 0) is 5.41 Å². The number of hydrogen-bond acceptors (Lipinski definition) is 0. The Morgan fingerprint density at radius 3 is 2.05 bits per heavy atom. The van der Waals surface area contributed by atoms with Gasteiger partial charge in [-0.15, -0.1) is 0 Å². The van der Waals surface area contributed by atoms with Crippen molar-refractivity contribution in [2.75, 3.05) is 0 Å². The first-order valence-electron chi connectivity index (χ1n) is 8.63. The molecule has 0 bridgehead atoms. The number of allylic oxidation sites excluding steroid dienone is 2. The minimum Gasteiger partial charge on any atom is -0.0870 e. The first-order chi connectivity index (χ1) is 10.8. The largest absolute Gasteiger partial charge is 0.0870 e. The monoisotopic (exact) mass is 290 g/mol. The third kappa shape index (κ3) is 3.02. The van der Waals surface area contributed by atoms with E-state index in [1.807, 2.05) is 0 Å². The molecule has 2 aromatic carbocycles. The van der Waals surface area contributed by atoms with Crippen molar-refractivity contribution < 1.29 is 0 Å². The summed E-state index contributed by atoms with van der Waals surface area (Å²) in [6, 6.07) is 22.2. The molecule has 0 aromatic heterocycles. The van der Waals surface area contributed by atoms with Crippen molar-refractivity contribution in [3.63, 3.8) is 0 Å². The van der Waals surface area contributed by atoms with E-state index in [1.54, 1.807) is 0 Å². The Morgan fingerprint density at radius 2 is 1.50 bits per heavy atom. The second-order valence-corrected chi connectivity index (χ2v) is 6.55. The second-order valence-electron chi connectivity index (χ2n) is 6.55. The summed E-state index contributed by atoms with van der Waals surface area (Å²) in [5, 5.41) is 0. The van der Waals surface area contributed by atoms with E-state index in [0.29, 0.717) is 5.92 Å². The summed E-state index contributed by atoms with van der Waals surface area (Å²) in [5.41, 5.74) is 3.08. The fourth-order valence-electron chi connectivity index (χ4n) is 3.88. The maximum Gasteiger partial charge on any atom is 0.0242 e. The van der Waals surface area contributed by atoms with Gasteiger partial charge in [0.1, 0.15) is 0 Å². The Balaban J connectivity index is 2.00. The third-order valence-corrected chi connectivity index (χ3v) is 5.07. The molecule has 0 spiro atoms. The smallest absolute Gasteiger partial charge is 0.0242 e. The van der Waals surface area contributed by atoms with Gasteiger partial charge in [0.2, 0.25) is 0 Å². The third-order valence-electron chi connectivity index (χ3n) is 5.07. The van der Waals surface area contributed by atoms with Crippen molar-refractivity contribution >= 4 is 0 Å². The van der Waals surface area contributed by atoms with Crippen LogP contribution in [0.5, 0.6) is 0 Å². The highest BCUT2D eigenvalue weighted by molar-refractivity contribution is 5.41. The lowest BCUT2D eigenvalue weighted by molar-refractivity contribution is 0.365. The summed E-state index contributed by atoms with van der Waals surface area (Å²) in [7, 11) is 0. The summed E-state index contributed by atoms with van der Waals surface area (Å²) in [4.78, 5) is 0. The van der Waals surface area contributed by atoms with Gasteiger partial charge in [0.25, 0.3) is 0 Å². The predicted octanol–water partition coefficient (Wildman–Crippen LogP) is 6.13. The Bertz CT molecular complexity index is 555. The predicted molar refractivity (Wildman–Crippen MR) is 95.1 cm³/mol. The second kappa shape index (κ2) is 6.96. The first-order valence-corrected chi connectivity index (χ1v) is 8.63. The minimum atomic E-state index is 0.148. The molecule has 22 heavy (non-hydrogen) atoms. The molecule has 0 N–H and O–H groups in total. The van der Waals surface area contributed by atoms with Crippen LogP contribution in [0, 0.1) is 5.92 Å². The van der Waals surface area contributed by atoms with Gasteiger partial charge in [-0.05, 0) is 36.3 Å². The number of rotatable bonds is 5. The molecule has 0 aliphatic heterocycles. The molecule has 1 atom stereocenters. The van der Waals surface area contributed by atoms with Crippen LogP contribution < -0.4 is 0 Å². The zero-order chi connectivity index (χ0) is 15.3. The highest BCUT2D eigenvalue weighted by Crippen LogP contribution is 2.45. The molecule has 0 saturated heterocycles. The van der Waals surface area contributed by atoms with Crippen LogP contribution >= 0.6 is 0 Å². The van der Waals surface area contributed by atoms with E-state index in [-0.39, 0.29) is 5.41 Å². The minimum absolute atomic E-state index is 0.148. The zero-order valence-corrected chi connectivity index (χ0v) is 13.5. The average Bonchev–Trinajstić information content (AvgIpc) is 2.61. The van der Waals surface area contributed by atoms with Crippen LogP contribution in [0.2, 0.25) is 0 Å². The Kier molecular flexibility index (Phi) is 4.77. The fraction of sp³-hybridized carbons (Fsp3) is 0.364. The summed E-state index contributed by atoms with van der Waals surface area (Å²) < 4.78 is 0. The van der Waals surface area contributed by atoms with Gasteiger partial charge >= 0.3 is 0 Å². The highest BCUT2D eigenvalue weighted by Gasteiger charge is 2.36. The number of benzene rings is 2. The van der Waals surface area contributed by atoms with Crippen molar-refractivity contribution in [2.24, 2.45) is 5.92 Å². The van der Waals surface area contributed by atoms with Crippen LogP contribution in [0.3, 0.4) is 0 Å². The van der Waals surface area contributed by atoms with Crippen molar-refractivity contribution in [1.82, 2.24) is 0 Å². The van der Waals surface area contributed by atoms with E-state index in [0.717, 1.165) is 6.42 Å². The van der Waals surface area contributed by atoms with Crippen molar-refractivity contribution in [3.05, 3.63) is 83.9 Å². The van der Waals surface area contributed by atoms with Crippen LogP contribution in [-0.4, -0.2) is 0 Å². The maximum atomic E-state index is 2.46. The fourth-order valence-corrected chi connectivity index (χ4v) is 3.88. The molecule has 1 unspecified atom stereocenters. The van der Waals surface area contributed by atoms with Crippen LogP contribution in [0.25, 0.3) is 0 Å². The molecule has 0 heteroatoms. The van der Waals surface area contributed by atoms with Gasteiger partial charge in [-0.1, -0.05) is 92.6 Å². The van der Waals surface area contributed by atoms with Crippen molar-refractivity contribution in [3.8, 4) is 0 Å². The first kappa shape index (κ1) is 15.1. The molecule has 0 nitrogen and oxygen atoms in total. The summed E-state index contributed by atoms with van der Waals surface area (Å²) >= 11 is 0. The molecule has 0 amide bonds. The van der Waals surface area contributed by atoms with E-state index in [4.69, 9.17) is 0 Å². The average molecular weight is 290 g/mol. The molecule has 1 aliphatic rings. The molecule has 0 saturated carbocycles. The molecule has 0 radical (unpaired) electrons. The normalized spacial score (nSPS) is 20.0. The van der Waals surface area contributed by atoms with Crippen molar-refractivity contribution in [2.45, 2.75) is 44.4 Å². The highest BCUT2D eigenvalue weighted by atomic mass is 14.4. The Morgan fingerprint density at radius 1 is 0.909 bits per heavy atom. The zero-order valence-electron chi connectivity index (χ0n) is 13.5. The van der Waals surface area contributed by atoms with E-state index in [9.17, 15) is 0 Å². The topological polar surface area (TPSA) is 0 Å². The standard InChI is InChI=1S/C22H26/c1-2-3-11-19-12-10-17-22(18-19,20-13-6-4-7-14-20)21-15-8-5-9-16-21/h4-10,12-16,19H,2-3,11,17-18H2,1H3. The summed E-state index contributed by atoms with van der Waals surface area (Å²) in [6.45, 7) is 2.29. The molecule has 0 fully saturated rings. The molecule has 3 rings (SSSR count). The SMILES string of the molecule is CCCCC1C=CCC(c2ccccc2)(c2ccccc2)C1. The lowest BCUT2D eigenvalue weighted by Gasteiger charge is -2.39. The lowest BCUT2D eigenvalue weighted by atomic mass is 9.64. The van der Waals surface area contributed by atoms with E-state index >= 15 is 0 Å². The van der Waals surface area contributed by atoms with Crippen molar-refractivity contribution in [1.29, 1.82) is 0 Å². The molecule has 1 aliphatic carbocycles. The molecule has 2 aromatic rings. The Hall–Kier alpha value is -1.82. The van der Waals surface area contributed by atoms with Crippen LogP contribution in [0.1, 0.15) is 50.2 Å². The summed E-state index contributed by atoms with van der Waals surface area (Å²) in [5.74, 6) is 0.703. The van der Waals surface area contributed by atoms with Gasteiger partial charge < -0.3 is 0 Å². The summed E-state index contributed by atoms with van der Waals surface area (Å²) in [6.07, 6.45) is 11.2. The molecular formula is C22H26. The lowest BCUT2D eigenvalue weighted by Crippen LogP contribution is -2.32. The van der Waals surface area contributed by atoms with Crippen LogP contribution in [0.15, 0.2) is 72.8 Å². The van der Waals surface area contributed by atoms with Gasteiger partial charge in [-0.25, -0.2) is 0 Å². The number of unbranched alkanes of at least 4 members (excludes halogenated alkanes) is 1. The molecular weight excluding hydrogens is 264 g/mol. The number of hydrogen-bond donors (Lipinski definition) is 0. The Labute approximate surface area is 134 Å². The van der Waals surface area contributed by atoms with E-state index in [2.05, 4.69) is 79.7 Å². The van der Waals surface area contributed by atoms with E-state index in [1.165, 1.54) is 36.8 Å². The van der Waals surface area contributed by atoms with Gasteiger partial charge in [0, 0.05) is 5.41 Å².